The van der Waals surface area contributed by atoms with E-state index in [0.717, 1.165) is 0 Å². The summed E-state index contributed by atoms with van der Waals surface area (Å²) in [6.45, 7) is 0.489. The van der Waals surface area contributed by atoms with Gasteiger partial charge in [-0.1, -0.05) is 12.1 Å². The minimum Gasteiger partial charge on any atom is -0.506 e. The highest BCUT2D eigenvalue weighted by Gasteiger charge is 2.31. The number of para-hydroxylation sites is 2. The van der Waals surface area contributed by atoms with Gasteiger partial charge in [-0.2, -0.15) is 0 Å². The third-order valence-corrected chi connectivity index (χ3v) is 2.64. The van der Waals surface area contributed by atoms with Crippen LogP contribution in [0.5, 0.6) is 5.75 Å². The van der Waals surface area contributed by atoms with E-state index in [2.05, 4.69) is 0 Å². The summed E-state index contributed by atoms with van der Waals surface area (Å²) in [5.41, 5.74) is 0.526. The van der Waals surface area contributed by atoms with Crippen LogP contribution in [-0.4, -0.2) is 29.3 Å². The molecule has 0 bridgehead atoms. The van der Waals surface area contributed by atoms with Crippen molar-refractivity contribution in [3.8, 4) is 5.75 Å². The molecule has 1 heterocycles. The van der Waals surface area contributed by atoms with Crippen molar-refractivity contribution >= 4 is 11.6 Å². The number of carbonyl (C=O) groups is 1. The molecule has 0 spiro atoms. The van der Waals surface area contributed by atoms with Gasteiger partial charge < -0.3 is 15.1 Å². The smallest absolute Gasteiger partial charge is 0.227 e. The molecule has 1 aromatic carbocycles. The number of aliphatic hydroxyl groups excluding tert-OH is 1. The predicted octanol–water partition coefficient (Wildman–Crippen LogP) is 0.737. The van der Waals surface area contributed by atoms with Gasteiger partial charge in [0, 0.05) is 25.5 Å². The fourth-order valence-electron chi connectivity index (χ4n) is 1.83. The molecule has 1 aliphatic rings. The quantitative estimate of drug-likeness (QED) is 0.751. The summed E-state index contributed by atoms with van der Waals surface area (Å²) in [4.78, 5) is 13.1. The number of hydrogen-bond acceptors (Lipinski definition) is 3. The minimum atomic E-state index is -0.0458. The maximum Gasteiger partial charge on any atom is 0.227 e. The van der Waals surface area contributed by atoms with Gasteiger partial charge in [-0.3, -0.25) is 4.79 Å². The second-order valence-corrected chi connectivity index (χ2v) is 3.75. The number of phenolic OH excluding ortho intramolecular Hbond substituents is 1. The number of aromatic hydroxyl groups is 1. The second-order valence-electron chi connectivity index (χ2n) is 3.75. The number of benzene rings is 1. The van der Waals surface area contributed by atoms with Gasteiger partial charge in [0.15, 0.2) is 0 Å². The molecule has 2 N–H and O–H groups in total. The Bertz CT molecular complexity index is 378. The van der Waals surface area contributed by atoms with Crippen LogP contribution in [0.15, 0.2) is 24.3 Å². The van der Waals surface area contributed by atoms with Crippen molar-refractivity contribution in [2.24, 2.45) is 5.92 Å². The first-order valence-electron chi connectivity index (χ1n) is 4.91. The highest BCUT2D eigenvalue weighted by molar-refractivity contribution is 5.97. The lowest BCUT2D eigenvalue weighted by Gasteiger charge is -2.17. The Morgan fingerprint density at radius 3 is 2.73 bits per heavy atom. The van der Waals surface area contributed by atoms with Crippen molar-refractivity contribution < 1.29 is 15.0 Å². The van der Waals surface area contributed by atoms with E-state index in [1.807, 2.05) is 0 Å². The minimum absolute atomic E-state index is 0.00976. The van der Waals surface area contributed by atoms with Gasteiger partial charge in [0.1, 0.15) is 5.75 Å². The van der Waals surface area contributed by atoms with E-state index in [1.165, 1.54) is 4.90 Å². The maximum atomic E-state index is 11.6. The number of nitrogens with zero attached hydrogens (tertiary/aromatic N) is 1. The number of phenols is 1. The largest absolute Gasteiger partial charge is 0.506 e. The molecule has 15 heavy (non-hydrogen) atoms. The van der Waals surface area contributed by atoms with Gasteiger partial charge in [0.25, 0.3) is 0 Å². The van der Waals surface area contributed by atoms with Crippen LogP contribution in [0, 0.1) is 5.92 Å². The number of carbonyl (C=O) groups excluding carboxylic acids is 1. The zero-order valence-corrected chi connectivity index (χ0v) is 8.26. The average Bonchev–Trinajstić information content (AvgIpc) is 2.60. The van der Waals surface area contributed by atoms with E-state index in [0.29, 0.717) is 18.7 Å². The van der Waals surface area contributed by atoms with Gasteiger partial charge >= 0.3 is 0 Å². The van der Waals surface area contributed by atoms with Crippen LogP contribution in [-0.2, 0) is 4.79 Å². The van der Waals surface area contributed by atoms with Crippen LogP contribution >= 0.6 is 0 Å². The molecule has 2 rings (SSSR count). The molecule has 1 saturated heterocycles. The van der Waals surface area contributed by atoms with Gasteiger partial charge in [-0.25, -0.2) is 0 Å². The average molecular weight is 207 g/mol. The van der Waals surface area contributed by atoms with Crippen LogP contribution in [0.2, 0.25) is 0 Å². The summed E-state index contributed by atoms with van der Waals surface area (Å²) in [5, 5.41) is 18.6. The molecule has 1 aromatic rings. The molecule has 1 atom stereocenters. The monoisotopic (exact) mass is 207 g/mol. The van der Waals surface area contributed by atoms with Crippen molar-refractivity contribution in [3.05, 3.63) is 24.3 Å². The van der Waals surface area contributed by atoms with Gasteiger partial charge in [0.05, 0.1) is 5.69 Å². The zero-order chi connectivity index (χ0) is 10.8. The van der Waals surface area contributed by atoms with Crippen LogP contribution < -0.4 is 4.90 Å². The Kier molecular flexibility index (Phi) is 2.60. The van der Waals surface area contributed by atoms with E-state index in [9.17, 15) is 9.90 Å². The SMILES string of the molecule is O=C1CC(CO)CN1c1ccccc1O. The topological polar surface area (TPSA) is 60.8 Å². The maximum absolute atomic E-state index is 11.6. The lowest BCUT2D eigenvalue weighted by molar-refractivity contribution is -0.117. The van der Waals surface area contributed by atoms with E-state index in [1.54, 1.807) is 24.3 Å². The molecule has 0 aliphatic carbocycles. The highest BCUT2D eigenvalue weighted by Crippen LogP contribution is 2.31. The van der Waals surface area contributed by atoms with Crippen LogP contribution in [0.1, 0.15) is 6.42 Å². The van der Waals surface area contributed by atoms with Crippen LogP contribution in [0.3, 0.4) is 0 Å². The Hall–Kier alpha value is -1.55. The lowest BCUT2D eigenvalue weighted by Crippen LogP contribution is -2.24. The molecule has 0 radical (unpaired) electrons. The molecule has 0 saturated carbocycles. The lowest BCUT2D eigenvalue weighted by atomic mass is 10.1. The number of rotatable bonds is 2. The van der Waals surface area contributed by atoms with Gasteiger partial charge in [-0.15, -0.1) is 0 Å². The fourth-order valence-corrected chi connectivity index (χ4v) is 1.83. The molecule has 1 fully saturated rings. The van der Waals surface area contributed by atoms with Gasteiger partial charge in [0.2, 0.25) is 5.91 Å². The number of amides is 1. The number of aliphatic hydroxyl groups is 1. The van der Waals surface area contributed by atoms with E-state index in [4.69, 9.17) is 5.11 Å². The van der Waals surface area contributed by atoms with Crippen LogP contribution in [0.4, 0.5) is 5.69 Å². The van der Waals surface area contributed by atoms with Crippen LogP contribution in [0.25, 0.3) is 0 Å². The Labute approximate surface area is 87.8 Å². The molecule has 4 nitrogen and oxygen atoms in total. The first-order valence-corrected chi connectivity index (χ1v) is 4.91. The summed E-state index contributed by atoms with van der Waals surface area (Å²) in [6.07, 6.45) is 0.352. The summed E-state index contributed by atoms with van der Waals surface area (Å²) in [6, 6.07) is 6.74. The van der Waals surface area contributed by atoms with Crippen molar-refractivity contribution in [2.75, 3.05) is 18.1 Å². The van der Waals surface area contributed by atoms with E-state index >= 15 is 0 Å². The Morgan fingerprint density at radius 1 is 1.40 bits per heavy atom. The molecule has 0 aromatic heterocycles. The van der Waals surface area contributed by atoms with Crippen molar-refractivity contribution in [1.29, 1.82) is 0 Å². The van der Waals surface area contributed by atoms with E-state index in [-0.39, 0.29) is 24.2 Å². The normalized spacial score (nSPS) is 21.0. The third kappa shape index (κ3) is 1.80. The first-order chi connectivity index (χ1) is 7.22. The number of hydrogen-bond donors (Lipinski definition) is 2. The molecule has 4 heteroatoms. The molecule has 1 amide bonds. The van der Waals surface area contributed by atoms with Crippen molar-refractivity contribution in [1.82, 2.24) is 0 Å². The first kappa shape index (κ1) is 9.98. The third-order valence-electron chi connectivity index (χ3n) is 2.64. The molecule has 1 aliphatic heterocycles. The Morgan fingerprint density at radius 2 is 2.13 bits per heavy atom. The fraction of sp³-hybridized carbons (Fsp3) is 0.364. The predicted molar refractivity (Wildman–Crippen MR) is 55.7 cm³/mol. The molecule has 1 unspecified atom stereocenters. The molecular formula is C11H13NO3. The summed E-state index contributed by atoms with van der Waals surface area (Å²) >= 11 is 0. The molecular weight excluding hydrogens is 194 g/mol. The van der Waals surface area contributed by atoms with E-state index < -0.39 is 0 Å². The summed E-state index contributed by atoms with van der Waals surface area (Å²) in [5.74, 6) is 0.0390. The second kappa shape index (κ2) is 3.90. The standard InChI is InChI=1S/C11H13NO3/c13-7-8-5-11(15)12(6-8)9-3-1-2-4-10(9)14/h1-4,8,13-14H,5-7H2. The summed E-state index contributed by atoms with van der Waals surface area (Å²) < 4.78 is 0. The zero-order valence-electron chi connectivity index (χ0n) is 8.26. The Balaban J connectivity index is 2.25. The summed E-state index contributed by atoms with van der Waals surface area (Å²) in [7, 11) is 0. The van der Waals surface area contributed by atoms with Gasteiger partial charge in [-0.05, 0) is 12.1 Å². The highest BCUT2D eigenvalue weighted by atomic mass is 16.3. The number of anilines is 1. The van der Waals surface area contributed by atoms with Crippen molar-refractivity contribution in [3.63, 3.8) is 0 Å². The molecule has 80 valence electrons. The van der Waals surface area contributed by atoms with Crippen molar-refractivity contribution in [2.45, 2.75) is 6.42 Å².